The lowest BCUT2D eigenvalue weighted by atomic mass is 9.55. The first-order valence-electron chi connectivity index (χ1n) is 9.55. The smallest absolute Gasteiger partial charge is 0.310 e. The van der Waals surface area contributed by atoms with Gasteiger partial charge in [-0.15, -0.1) is 0 Å². The highest BCUT2D eigenvalue weighted by atomic mass is 16.6. The van der Waals surface area contributed by atoms with E-state index in [1.54, 1.807) is 6.20 Å². The summed E-state index contributed by atoms with van der Waals surface area (Å²) in [5, 5.41) is 3.41. The van der Waals surface area contributed by atoms with Crippen LogP contribution in [0.1, 0.15) is 44.7 Å². The number of aromatic nitrogens is 1. The zero-order valence-electron chi connectivity index (χ0n) is 15.0. The molecule has 4 nitrogen and oxygen atoms in total. The van der Waals surface area contributed by atoms with Crippen molar-refractivity contribution >= 4 is 5.97 Å². The molecule has 2 heterocycles. The molecule has 0 bridgehead atoms. The Morgan fingerprint density at radius 2 is 2.32 bits per heavy atom. The number of nitrogens with zero attached hydrogens (tertiary/aromatic N) is 1. The molecule has 1 N–H and O–H groups in total. The molecule has 0 unspecified atom stereocenters. The second kappa shape index (κ2) is 6.56. The summed E-state index contributed by atoms with van der Waals surface area (Å²) >= 11 is 0. The predicted octanol–water partition coefficient (Wildman–Crippen LogP) is 3.49. The topological polar surface area (TPSA) is 51.2 Å². The first-order chi connectivity index (χ1) is 12.1. The molecule has 25 heavy (non-hydrogen) atoms. The van der Waals surface area contributed by atoms with Crippen molar-refractivity contribution in [2.24, 2.45) is 23.2 Å². The third-order valence-corrected chi connectivity index (χ3v) is 6.72. The minimum Gasteiger partial charge on any atom is -0.462 e. The van der Waals surface area contributed by atoms with Crippen LogP contribution in [0.25, 0.3) is 0 Å². The second-order valence-corrected chi connectivity index (χ2v) is 8.36. The van der Waals surface area contributed by atoms with Gasteiger partial charge in [-0.05, 0) is 55.6 Å². The number of carbonyl (C=O) groups is 1. The zero-order chi connectivity index (χ0) is 17.4. The van der Waals surface area contributed by atoms with Crippen LogP contribution in [0.5, 0.6) is 0 Å². The van der Waals surface area contributed by atoms with E-state index < -0.39 is 0 Å². The van der Waals surface area contributed by atoms with Crippen molar-refractivity contribution in [3.63, 3.8) is 0 Å². The number of allylic oxidation sites excluding steroid dienone is 1. The van der Waals surface area contributed by atoms with E-state index in [4.69, 9.17) is 4.74 Å². The van der Waals surface area contributed by atoms with Gasteiger partial charge in [0.25, 0.3) is 0 Å². The van der Waals surface area contributed by atoms with Crippen LogP contribution in [0.4, 0.5) is 0 Å². The summed E-state index contributed by atoms with van der Waals surface area (Å²) in [5.74, 6) is 0.830. The Hall–Kier alpha value is -1.68. The SMILES string of the molecule is C=C1CCC[C@]2(C)C[C@H]3OC(=O)[C@H](CNCc4ccccn4)[C@@H]3C[C@@H]12. The lowest BCUT2D eigenvalue weighted by Crippen LogP contribution is -2.45. The summed E-state index contributed by atoms with van der Waals surface area (Å²) in [7, 11) is 0. The summed E-state index contributed by atoms with van der Waals surface area (Å²) in [6, 6.07) is 5.90. The van der Waals surface area contributed by atoms with E-state index in [-0.39, 0.29) is 23.4 Å². The largest absolute Gasteiger partial charge is 0.462 e. The minimum atomic E-state index is -0.0343. The molecule has 134 valence electrons. The molecular weight excluding hydrogens is 312 g/mol. The summed E-state index contributed by atoms with van der Waals surface area (Å²) in [4.78, 5) is 16.8. The molecule has 0 amide bonds. The quantitative estimate of drug-likeness (QED) is 0.673. The highest BCUT2D eigenvalue weighted by Gasteiger charge is 2.54. The van der Waals surface area contributed by atoms with E-state index >= 15 is 0 Å². The highest BCUT2D eigenvalue weighted by Crippen LogP contribution is 2.56. The minimum absolute atomic E-state index is 0.0172. The Morgan fingerprint density at radius 3 is 3.12 bits per heavy atom. The van der Waals surface area contributed by atoms with Crippen LogP contribution >= 0.6 is 0 Å². The number of nitrogens with one attached hydrogen (secondary N) is 1. The fourth-order valence-electron chi connectivity index (χ4n) is 5.35. The first kappa shape index (κ1) is 16.8. The average molecular weight is 340 g/mol. The molecule has 1 saturated heterocycles. The predicted molar refractivity (Wildman–Crippen MR) is 96.6 cm³/mol. The van der Waals surface area contributed by atoms with Crippen LogP contribution in [0.2, 0.25) is 0 Å². The van der Waals surface area contributed by atoms with Gasteiger partial charge in [0.1, 0.15) is 6.10 Å². The summed E-state index contributed by atoms with van der Waals surface area (Å²) < 4.78 is 5.81. The maximum Gasteiger partial charge on any atom is 0.310 e. The number of hydrogen-bond donors (Lipinski definition) is 1. The van der Waals surface area contributed by atoms with E-state index in [0.29, 0.717) is 24.9 Å². The average Bonchev–Trinajstić information content (AvgIpc) is 2.88. The molecule has 2 saturated carbocycles. The van der Waals surface area contributed by atoms with Crippen LogP contribution < -0.4 is 5.32 Å². The number of hydrogen-bond acceptors (Lipinski definition) is 4. The Morgan fingerprint density at radius 1 is 1.44 bits per heavy atom. The lowest BCUT2D eigenvalue weighted by molar-refractivity contribution is -0.146. The van der Waals surface area contributed by atoms with Crippen LogP contribution in [0, 0.1) is 23.2 Å². The van der Waals surface area contributed by atoms with E-state index in [1.807, 2.05) is 18.2 Å². The molecule has 4 heteroatoms. The third-order valence-electron chi connectivity index (χ3n) is 6.72. The van der Waals surface area contributed by atoms with E-state index in [0.717, 1.165) is 25.0 Å². The molecule has 2 aliphatic carbocycles. The molecule has 4 rings (SSSR count). The summed E-state index contributed by atoms with van der Waals surface area (Å²) in [6.45, 7) is 8.09. The van der Waals surface area contributed by atoms with Crippen LogP contribution in [0.15, 0.2) is 36.5 Å². The van der Waals surface area contributed by atoms with Gasteiger partial charge in [-0.25, -0.2) is 0 Å². The molecule has 0 radical (unpaired) electrons. The van der Waals surface area contributed by atoms with E-state index in [1.165, 1.54) is 18.4 Å². The molecule has 3 aliphatic rings. The molecule has 3 fully saturated rings. The van der Waals surface area contributed by atoms with Gasteiger partial charge in [-0.2, -0.15) is 0 Å². The fourth-order valence-corrected chi connectivity index (χ4v) is 5.35. The summed E-state index contributed by atoms with van der Waals surface area (Å²) in [6.07, 6.45) is 7.57. The summed E-state index contributed by atoms with van der Waals surface area (Å²) in [5.41, 5.74) is 2.67. The van der Waals surface area contributed by atoms with Crippen molar-refractivity contribution in [2.45, 2.75) is 51.7 Å². The standard InChI is InChI=1S/C21H28N2O2/c1-14-6-5-8-21(2)11-19-16(10-18(14)21)17(20(24)25-19)13-22-12-15-7-3-4-9-23-15/h3-4,7,9,16-19,22H,1,5-6,8,10-13H2,2H3/t16-,17+,18-,19+,21+/m0/s1. The molecule has 5 atom stereocenters. The van der Waals surface area contributed by atoms with Crippen molar-refractivity contribution in [2.75, 3.05) is 6.54 Å². The first-order valence-corrected chi connectivity index (χ1v) is 9.55. The third kappa shape index (κ3) is 3.12. The zero-order valence-corrected chi connectivity index (χ0v) is 15.0. The number of rotatable bonds is 4. The van der Waals surface area contributed by atoms with Crippen LogP contribution in [-0.4, -0.2) is 23.6 Å². The van der Waals surface area contributed by atoms with Gasteiger partial charge >= 0.3 is 5.97 Å². The van der Waals surface area contributed by atoms with Gasteiger partial charge in [0.05, 0.1) is 11.6 Å². The van der Waals surface area contributed by atoms with Crippen molar-refractivity contribution in [3.8, 4) is 0 Å². The van der Waals surface area contributed by atoms with Gasteiger partial charge in [0, 0.05) is 25.2 Å². The molecule has 1 aromatic heterocycles. The Balaban J connectivity index is 1.42. The van der Waals surface area contributed by atoms with E-state index in [2.05, 4.69) is 23.8 Å². The van der Waals surface area contributed by atoms with Crippen LogP contribution in [-0.2, 0) is 16.1 Å². The van der Waals surface area contributed by atoms with Crippen LogP contribution in [0.3, 0.4) is 0 Å². The molecular formula is C21H28N2O2. The van der Waals surface area contributed by atoms with Gasteiger partial charge in [-0.1, -0.05) is 25.1 Å². The van der Waals surface area contributed by atoms with Gasteiger partial charge in [-0.3, -0.25) is 9.78 Å². The maximum absolute atomic E-state index is 12.5. The molecule has 0 spiro atoms. The number of pyridine rings is 1. The number of carbonyl (C=O) groups excluding carboxylic acids is 1. The normalized spacial score (nSPS) is 37.3. The van der Waals surface area contributed by atoms with Gasteiger partial charge in [0.2, 0.25) is 0 Å². The van der Waals surface area contributed by atoms with E-state index in [9.17, 15) is 4.79 Å². The van der Waals surface area contributed by atoms with Gasteiger partial charge < -0.3 is 10.1 Å². The number of esters is 1. The number of fused-ring (bicyclic) bond motifs is 2. The van der Waals surface area contributed by atoms with Crippen molar-refractivity contribution in [1.29, 1.82) is 0 Å². The second-order valence-electron chi connectivity index (χ2n) is 8.36. The monoisotopic (exact) mass is 340 g/mol. The Kier molecular flexibility index (Phi) is 4.40. The molecule has 1 aliphatic heterocycles. The Bertz CT molecular complexity index is 659. The highest BCUT2D eigenvalue weighted by molar-refractivity contribution is 5.75. The van der Waals surface area contributed by atoms with Crippen molar-refractivity contribution in [1.82, 2.24) is 10.3 Å². The maximum atomic E-state index is 12.5. The lowest BCUT2D eigenvalue weighted by Gasteiger charge is -2.50. The number of ether oxygens (including phenoxy) is 1. The van der Waals surface area contributed by atoms with Crippen molar-refractivity contribution in [3.05, 3.63) is 42.2 Å². The van der Waals surface area contributed by atoms with Gasteiger partial charge in [0.15, 0.2) is 0 Å². The Labute approximate surface area is 150 Å². The molecule has 1 aromatic rings. The fraction of sp³-hybridized carbons (Fsp3) is 0.619. The molecule has 0 aromatic carbocycles. The van der Waals surface area contributed by atoms with Crippen molar-refractivity contribution < 1.29 is 9.53 Å².